The molecule has 1 aliphatic rings. The van der Waals surface area contributed by atoms with Crippen molar-refractivity contribution in [3.8, 4) is 6.07 Å². The van der Waals surface area contributed by atoms with Gasteiger partial charge in [0.15, 0.2) is 0 Å². The molecule has 1 atom stereocenters. The molecule has 1 aromatic carbocycles. The number of halogens is 1. The van der Waals surface area contributed by atoms with E-state index < -0.39 is 5.91 Å². The number of nitrogens with one attached hydrogen (secondary N) is 1. The Kier molecular flexibility index (Phi) is 5.96. The molecule has 0 spiro atoms. The summed E-state index contributed by atoms with van der Waals surface area (Å²) in [6, 6.07) is 8.05. The highest BCUT2D eigenvalue weighted by molar-refractivity contribution is 6.10. The van der Waals surface area contributed by atoms with Crippen LogP contribution in [0.25, 0.3) is 6.08 Å². The molecule has 1 aromatic heterocycles. The van der Waals surface area contributed by atoms with Crippen molar-refractivity contribution in [2.75, 3.05) is 11.9 Å². The van der Waals surface area contributed by atoms with Crippen molar-refractivity contribution in [1.82, 2.24) is 4.57 Å². The van der Waals surface area contributed by atoms with Crippen LogP contribution < -0.4 is 5.32 Å². The Labute approximate surface area is 164 Å². The molecule has 2 heterocycles. The second-order valence-electron chi connectivity index (χ2n) is 7.16. The molecule has 28 heavy (non-hydrogen) atoms. The lowest BCUT2D eigenvalue weighted by Gasteiger charge is -2.14. The topological polar surface area (TPSA) is 67.0 Å². The van der Waals surface area contributed by atoms with Gasteiger partial charge in [-0.3, -0.25) is 4.79 Å². The molecule has 2 aromatic rings. The van der Waals surface area contributed by atoms with Gasteiger partial charge in [0.05, 0.1) is 6.10 Å². The number of rotatable bonds is 5. The van der Waals surface area contributed by atoms with E-state index in [2.05, 4.69) is 9.88 Å². The smallest absolute Gasteiger partial charge is 0.266 e. The number of aryl methyl sites for hydroxylation is 2. The van der Waals surface area contributed by atoms with Gasteiger partial charge in [0.25, 0.3) is 5.91 Å². The maximum absolute atomic E-state index is 13.2. The van der Waals surface area contributed by atoms with Gasteiger partial charge >= 0.3 is 0 Å². The molecule has 5 nitrogen and oxygen atoms in total. The standard InChI is InChI=1S/C22H24FN3O2/c1-14-9-19(23)6-7-21(14)25-22(27)18(12-24)11-17-10-15(2)26(16(17)3)13-20-5-4-8-28-20/h6-7,9-11,20H,4-5,8,13H2,1-3H3,(H,25,27)/b18-11+/t20-/m0/s1. The Hall–Kier alpha value is -2.91. The molecule has 0 saturated carbocycles. The van der Waals surface area contributed by atoms with E-state index in [1.165, 1.54) is 18.2 Å². The van der Waals surface area contributed by atoms with E-state index >= 15 is 0 Å². The summed E-state index contributed by atoms with van der Waals surface area (Å²) in [5.74, 6) is -0.883. The van der Waals surface area contributed by atoms with Crippen LogP contribution in [0.4, 0.5) is 10.1 Å². The molecule has 6 heteroatoms. The number of anilines is 1. The number of nitriles is 1. The van der Waals surface area contributed by atoms with Crippen LogP contribution in [0.5, 0.6) is 0 Å². The summed E-state index contributed by atoms with van der Waals surface area (Å²) in [7, 11) is 0. The molecule has 1 N–H and O–H groups in total. The van der Waals surface area contributed by atoms with Gasteiger partial charge in [-0.05, 0) is 75.1 Å². The molecule has 146 valence electrons. The first-order chi connectivity index (χ1) is 13.4. The first kappa shape index (κ1) is 19.8. The van der Waals surface area contributed by atoms with Gasteiger partial charge in [-0.1, -0.05) is 0 Å². The molecule has 3 rings (SSSR count). The van der Waals surface area contributed by atoms with Gasteiger partial charge in [-0.25, -0.2) is 4.39 Å². The highest BCUT2D eigenvalue weighted by Crippen LogP contribution is 2.23. The molecular formula is C22H24FN3O2. The maximum atomic E-state index is 13.2. The average molecular weight is 381 g/mol. The van der Waals surface area contributed by atoms with Crippen molar-refractivity contribution in [1.29, 1.82) is 5.26 Å². The van der Waals surface area contributed by atoms with Crippen LogP contribution in [0.1, 0.15) is 35.4 Å². The number of benzene rings is 1. The second kappa shape index (κ2) is 8.41. The molecule has 0 radical (unpaired) electrons. The summed E-state index contributed by atoms with van der Waals surface area (Å²) in [6.45, 7) is 7.26. The summed E-state index contributed by atoms with van der Waals surface area (Å²) in [5, 5.41) is 12.2. The predicted octanol–water partition coefficient (Wildman–Crippen LogP) is 4.28. The third-order valence-corrected chi connectivity index (χ3v) is 5.12. The van der Waals surface area contributed by atoms with Crippen molar-refractivity contribution >= 4 is 17.7 Å². The minimum absolute atomic E-state index is 0.00101. The maximum Gasteiger partial charge on any atom is 0.266 e. The summed E-state index contributed by atoms with van der Waals surface area (Å²) < 4.78 is 21.1. The van der Waals surface area contributed by atoms with Crippen LogP contribution >= 0.6 is 0 Å². The van der Waals surface area contributed by atoms with Gasteiger partial charge in [0.1, 0.15) is 17.5 Å². The lowest BCUT2D eigenvalue weighted by atomic mass is 10.1. The predicted molar refractivity (Wildman–Crippen MR) is 106 cm³/mol. The Morgan fingerprint density at radius 1 is 1.39 bits per heavy atom. The van der Waals surface area contributed by atoms with E-state index in [4.69, 9.17) is 4.74 Å². The van der Waals surface area contributed by atoms with Gasteiger partial charge in [0.2, 0.25) is 0 Å². The normalized spacial score (nSPS) is 16.8. The fourth-order valence-corrected chi connectivity index (χ4v) is 3.51. The third kappa shape index (κ3) is 4.32. The van der Waals surface area contributed by atoms with Crippen molar-refractivity contribution in [2.45, 2.75) is 46.3 Å². The molecule has 0 unspecified atom stereocenters. The first-order valence-corrected chi connectivity index (χ1v) is 9.36. The lowest BCUT2D eigenvalue weighted by molar-refractivity contribution is -0.112. The van der Waals surface area contributed by atoms with E-state index in [0.717, 1.165) is 42.9 Å². The third-order valence-electron chi connectivity index (χ3n) is 5.12. The SMILES string of the molecule is Cc1cc(F)ccc1NC(=O)/C(C#N)=C/c1cc(C)n(C[C@@H]2CCCO2)c1C. The molecular weight excluding hydrogens is 357 g/mol. The largest absolute Gasteiger partial charge is 0.376 e. The minimum Gasteiger partial charge on any atom is -0.376 e. The summed E-state index contributed by atoms with van der Waals surface area (Å²) in [4.78, 5) is 12.5. The number of hydrogen-bond acceptors (Lipinski definition) is 3. The molecule has 1 amide bonds. The van der Waals surface area contributed by atoms with Gasteiger partial charge in [-0.15, -0.1) is 0 Å². The van der Waals surface area contributed by atoms with Crippen LogP contribution in [-0.2, 0) is 16.1 Å². The van der Waals surface area contributed by atoms with Crippen molar-refractivity contribution in [3.63, 3.8) is 0 Å². The molecule has 0 bridgehead atoms. The highest BCUT2D eigenvalue weighted by atomic mass is 19.1. The van der Waals surface area contributed by atoms with Gasteiger partial charge in [-0.2, -0.15) is 5.26 Å². The Morgan fingerprint density at radius 2 is 2.18 bits per heavy atom. The number of nitrogens with zero attached hydrogens (tertiary/aromatic N) is 2. The molecule has 1 fully saturated rings. The zero-order chi connectivity index (χ0) is 20.3. The Bertz CT molecular complexity index is 963. The molecule has 1 saturated heterocycles. The van der Waals surface area contributed by atoms with Crippen LogP contribution in [0.3, 0.4) is 0 Å². The van der Waals surface area contributed by atoms with E-state index in [1.54, 1.807) is 13.0 Å². The second-order valence-corrected chi connectivity index (χ2v) is 7.16. The average Bonchev–Trinajstić information content (AvgIpc) is 3.26. The van der Waals surface area contributed by atoms with E-state index in [0.29, 0.717) is 11.3 Å². The van der Waals surface area contributed by atoms with Crippen LogP contribution in [0, 0.1) is 37.9 Å². The minimum atomic E-state index is -0.513. The van der Waals surface area contributed by atoms with Crippen molar-refractivity contribution in [3.05, 3.63) is 58.2 Å². The van der Waals surface area contributed by atoms with Gasteiger partial charge < -0.3 is 14.6 Å². The van der Waals surface area contributed by atoms with E-state index in [1.807, 2.05) is 26.0 Å². The molecule has 1 aliphatic heterocycles. The summed E-state index contributed by atoms with van der Waals surface area (Å²) >= 11 is 0. The van der Waals surface area contributed by atoms with Crippen LogP contribution in [0.15, 0.2) is 29.8 Å². The van der Waals surface area contributed by atoms with E-state index in [9.17, 15) is 14.4 Å². The Balaban J connectivity index is 1.82. The zero-order valence-electron chi connectivity index (χ0n) is 16.4. The zero-order valence-corrected chi connectivity index (χ0v) is 16.4. The number of carbonyl (C=O) groups excluding carboxylic acids is 1. The summed E-state index contributed by atoms with van der Waals surface area (Å²) in [5.41, 5.74) is 3.97. The first-order valence-electron chi connectivity index (χ1n) is 9.36. The monoisotopic (exact) mass is 381 g/mol. The van der Waals surface area contributed by atoms with Gasteiger partial charge in [0, 0.05) is 30.2 Å². The van der Waals surface area contributed by atoms with Crippen LogP contribution in [-0.4, -0.2) is 23.2 Å². The van der Waals surface area contributed by atoms with Crippen molar-refractivity contribution in [2.24, 2.45) is 0 Å². The fraction of sp³-hybridized carbons (Fsp3) is 0.364. The van der Waals surface area contributed by atoms with Crippen molar-refractivity contribution < 1.29 is 13.9 Å². The highest BCUT2D eigenvalue weighted by Gasteiger charge is 2.19. The fourth-order valence-electron chi connectivity index (χ4n) is 3.51. The van der Waals surface area contributed by atoms with E-state index in [-0.39, 0.29) is 17.5 Å². The Morgan fingerprint density at radius 3 is 2.82 bits per heavy atom. The number of carbonyl (C=O) groups is 1. The number of ether oxygens (including phenoxy) is 1. The quantitative estimate of drug-likeness (QED) is 0.621. The molecule has 0 aliphatic carbocycles. The number of amides is 1. The number of aromatic nitrogens is 1. The summed E-state index contributed by atoms with van der Waals surface area (Å²) in [6.07, 6.45) is 3.94. The lowest BCUT2D eigenvalue weighted by Crippen LogP contribution is -2.17. The van der Waals surface area contributed by atoms with Crippen LogP contribution in [0.2, 0.25) is 0 Å². The number of hydrogen-bond donors (Lipinski definition) is 1.